The van der Waals surface area contributed by atoms with Crippen molar-refractivity contribution in [2.75, 3.05) is 0 Å². The fourth-order valence-electron chi connectivity index (χ4n) is 2.38. The summed E-state index contributed by atoms with van der Waals surface area (Å²) in [5.74, 6) is 0.139. The molecule has 0 saturated carbocycles. The lowest BCUT2D eigenvalue weighted by molar-refractivity contribution is -0.116. The minimum absolute atomic E-state index is 0.0278. The SMILES string of the molecule is CC(=O)Cc1ccc(C(=O)Cc2nc(-c3ccncc3)cs2)cc1. The van der Waals surface area contributed by atoms with Crippen LogP contribution in [0.25, 0.3) is 11.3 Å². The lowest BCUT2D eigenvalue weighted by Gasteiger charge is -2.01. The number of aromatic nitrogens is 2. The molecule has 0 aliphatic heterocycles. The number of hydrogen-bond donors (Lipinski definition) is 0. The van der Waals surface area contributed by atoms with Crippen LogP contribution in [0.5, 0.6) is 0 Å². The molecule has 0 saturated heterocycles. The van der Waals surface area contributed by atoms with E-state index < -0.39 is 0 Å². The van der Waals surface area contributed by atoms with Crippen LogP contribution in [0.1, 0.15) is 27.9 Å². The standard InChI is InChI=1S/C19H16N2O2S/c1-13(22)10-14-2-4-16(5-3-14)18(23)11-19-21-17(12-24-19)15-6-8-20-9-7-15/h2-9,12H,10-11H2,1H3. The summed E-state index contributed by atoms with van der Waals surface area (Å²) in [7, 11) is 0. The van der Waals surface area contributed by atoms with Gasteiger partial charge in [0.25, 0.3) is 0 Å². The number of ketones is 2. The quantitative estimate of drug-likeness (QED) is 0.643. The van der Waals surface area contributed by atoms with Gasteiger partial charge >= 0.3 is 0 Å². The minimum atomic E-state index is 0.0278. The van der Waals surface area contributed by atoms with Crippen molar-refractivity contribution in [2.45, 2.75) is 19.8 Å². The number of benzene rings is 1. The summed E-state index contributed by atoms with van der Waals surface area (Å²) >= 11 is 1.48. The molecule has 0 fully saturated rings. The Kier molecular flexibility index (Phi) is 4.91. The van der Waals surface area contributed by atoms with Gasteiger partial charge in [0.2, 0.25) is 0 Å². The minimum Gasteiger partial charge on any atom is -0.300 e. The number of Topliss-reactive ketones (excluding diaryl/α,β-unsaturated/α-hetero) is 2. The molecule has 0 spiro atoms. The zero-order chi connectivity index (χ0) is 16.9. The maximum absolute atomic E-state index is 12.4. The van der Waals surface area contributed by atoms with Crippen molar-refractivity contribution in [1.29, 1.82) is 0 Å². The van der Waals surface area contributed by atoms with Crippen LogP contribution in [0, 0.1) is 0 Å². The molecule has 24 heavy (non-hydrogen) atoms. The van der Waals surface area contributed by atoms with Crippen molar-refractivity contribution in [3.63, 3.8) is 0 Å². The molecule has 1 aromatic carbocycles. The Bertz CT molecular complexity index is 855. The summed E-state index contributed by atoms with van der Waals surface area (Å²) in [6.45, 7) is 1.56. The van der Waals surface area contributed by atoms with Crippen molar-refractivity contribution < 1.29 is 9.59 Å². The number of hydrogen-bond acceptors (Lipinski definition) is 5. The first kappa shape index (κ1) is 16.2. The van der Waals surface area contributed by atoms with E-state index in [1.54, 1.807) is 31.5 Å². The lowest BCUT2D eigenvalue weighted by atomic mass is 10.0. The Morgan fingerprint density at radius 1 is 1.00 bits per heavy atom. The maximum Gasteiger partial charge on any atom is 0.169 e. The Morgan fingerprint density at radius 3 is 2.38 bits per heavy atom. The van der Waals surface area contributed by atoms with Gasteiger partial charge in [-0.15, -0.1) is 11.3 Å². The van der Waals surface area contributed by atoms with E-state index >= 15 is 0 Å². The van der Waals surface area contributed by atoms with Crippen LogP contribution in [-0.2, 0) is 17.6 Å². The zero-order valence-electron chi connectivity index (χ0n) is 13.2. The van der Waals surface area contributed by atoms with Crippen LogP contribution in [0.4, 0.5) is 0 Å². The molecule has 0 amide bonds. The third kappa shape index (κ3) is 4.00. The topological polar surface area (TPSA) is 59.9 Å². The Hall–Kier alpha value is -2.66. The number of thiazole rings is 1. The highest BCUT2D eigenvalue weighted by atomic mass is 32.1. The van der Waals surface area contributed by atoms with Gasteiger partial charge in [0.15, 0.2) is 5.78 Å². The van der Waals surface area contributed by atoms with E-state index in [0.29, 0.717) is 12.0 Å². The predicted octanol–water partition coefficient (Wildman–Crippen LogP) is 3.76. The fraction of sp³-hybridized carbons (Fsp3) is 0.158. The molecule has 3 rings (SSSR count). The molecule has 5 heteroatoms. The molecule has 3 aromatic rings. The van der Waals surface area contributed by atoms with Crippen molar-refractivity contribution >= 4 is 22.9 Å². The van der Waals surface area contributed by atoms with Crippen molar-refractivity contribution in [3.05, 3.63) is 70.3 Å². The number of carbonyl (C=O) groups excluding carboxylic acids is 2. The van der Waals surface area contributed by atoms with Crippen LogP contribution < -0.4 is 0 Å². The monoisotopic (exact) mass is 336 g/mol. The Labute approximate surface area is 144 Å². The van der Waals surface area contributed by atoms with E-state index in [1.807, 2.05) is 29.6 Å². The van der Waals surface area contributed by atoms with Gasteiger partial charge in [0.1, 0.15) is 10.8 Å². The molecular formula is C19H16N2O2S. The highest BCUT2D eigenvalue weighted by molar-refractivity contribution is 7.10. The molecule has 120 valence electrons. The average molecular weight is 336 g/mol. The van der Waals surface area contributed by atoms with Crippen LogP contribution in [0.2, 0.25) is 0 Å². The van der Waals surface area contributed by atoms with Crippen molar-refractivity contribution in [3.8, 4) is 11.3 Å². The average Bonchev–Trinajstić information content (AvgIpc) is 3.04. The molecule has 0 radical (unpaired) electrons. The third-order valence-electron chi connectivity index (χ3n) is 3.57. The Balaban J connectivity index is 1.69. The largest absolute Gasteiger partial charge is 0.300 e. The normalized spacial score (nSPS) is 10.5. The summed E-state index contributed by atoms with van der Waals surface area (Å²) in [5.41, 5.74) is 3.42. The van der Waals surface area contributed by atoms with Gasteiger partial charge in [-0.25, -0.2) is 4.98 Å². The van der Waals surface area contributed by atoms with Gasteiger partial charge in [-0.2, -0.15) is 0 Å². The van der Waals surface area contributed by atoms with E-state index in [4.69, 9.17) is 0 Å². The lowest BCUT2D eigenvalue weighted by Crippen LogP contribution is -2.04. The molecule has 0 aliphatic rings. The second-order valence-corrected chi connectivity index (χ2v) is 6.48. The van der Waals surface area contributed by atoms with Crippen LogP contribution in [0.15, 0.2) is 54.2 Å². The molecule has 0 unspecified atom stereocenters. The number of carbonyl (C=O) groups is 2. The molecule has 2 heterocycles. The van der Waals surface area contributed by atoms with Crippen LogP contribution in [-0.4, -0.2) is 21.5 Å². The summed E-state index contributed by atoms with van der Waals surface area (Å²) in [6, 6.07) is 11.0. The second-order valence-electron chi connectivity index (χ2n) is 5.54. The van der Waals surface area contributed by atoms with Crippen LogP contribution >= 0.6 is 11.3 Å². The molecule has 2 aromatic heterocycles. The zero-order valence-corrected chi connectivity index (χ0v) is 14.0. The van der Waals surface area contributed by atoms with E-state index in [-0.39, 0.29) is 18.0 Å². The highest BCUT2D eigenvalue weighted by Crippen LogP contribution is 2.22. The van der Waals surface area contributed by atoms with E-state index in [2.05, 4.69) is 9.97 Å². The molecule has 0 atom stereocenters. The summed E-state index contributed by atoms with van der Waals surface area (Å²) in [4.78, 5) is 32.0. The van der Waals surface area contributed by atoms with Crippen molar-refractivity contribution in [2.24, 2.45) is 0 Å². The van der Waals surface area contributed by atoms with Gasteiger partial charge in [-0.3, -0.25) is 14.6 Å². The van der Waals surface area contributed by atoms with Gasteiger partial charge in [0.05, 0.1) is 12.1 Å². The summed E-state index contributed by atoms with van der Waals surface area (Å²) in [5, 5.41) is 2.74. The van der Waals surface area contributed by atoms with E-state index in [1.165, 1.54) is 11.3 Å². The van der Waals surface area contributed by atoms with Gasteiger partial charge in [-0.05, 0) is 24.6 Å². The first-order chi connectivity index (χ1) is 11.6. The second kappa shape index (κ2) is 7.27. The molecule has 0 N–H and O–H groups in total. The molecule has 0 bridgehead atoms. The highest BCUT2D eigenvalue weighted by Gasteiger charge is 2.11. The summed E-state index contributed by atoms with van der Waals surface area (Å²) in [6.07, 6.45) is 4.13. The molecular weight excluding hydrogens is 320 g/mol. The number of nitrogens with zero attached hydrogens (tertiary/aromatic N) is 2. The first-order valence-corrected chi connectivity index (χ1v) is 8.46. The van der Waals surface area contributed by atoms with Gasteiger partial charge in [0, 0.05) is 35.3 Å². The van der Waals surface area contributed by atoms with E-state index in [0.717, 1.165) is 21.8 Å². The first-order valence-electron chi connectivity index (χ1n) is 7.58. The smallest absolute Gasteiger partial charge is 0.169 e. The molecule has 4 nitrogen and oxygen atoms in total. The van der Waals surface area contributed by atoms with Crippen LogP contribution in [0.3, 0.4) is 0 Å². The number of pyridine rings is 1. The van der Waals surface area contributed by atoms with E-state index in [9.17, 15) is 9.59 Å². The third-order valence-corrected chi connectivity index (χ3v) is 4.42. The fourth-order valence-corrected chi connectivity index (χ4v) is 3.18. The van der Waals surface area contributed by atoms with Gasteiger partial charge < -0.3 is 0 Å². The Morgan fingerprint density at radius 2 is 1.71 bits per heavy atom. The van der Waals surface area contributed by atoms with Crippen molar-refractivity contribution in [1.82, 2.24) is 9.97 Å². The summed E-state index contributed by atoms with van der Waals surface area (Å²) < 4.78 is 0. The number of rotatable bonds is 6. The maximum atomic E-state index is 12.4. The van der Waals surface area contributed by atoms with Gasteiger partial charge in [-0.1, -0.05) is 24.3 Å². The molecule has 0 aliphatic carbocycles. The predicted molar refractivity (Wildman–Crippen MR) is 94.2 cm³/mol.